The number of alkyl halides is 2. The van der Waals surface area contributed by atoms with E-state index in [-0.39, 0.29) is 31.5 Å². The average Bonchev–Trinajstić information content (AvgIpc) is 3.49. The number of likely N-dealkylation sites (tertiary alicyclic amines) is 2. The van der Waals surface area contributed by atoms with Gasteiger partial charge < -0.3 is 29.4 Å². The topological polar surface area (TPSA) is 139 Å². The van der Waals surface area contributed by atoms with E-state index in [1.165, 1.54) is 17.2 Å². The molecule has 10 nitrogen and oxygen atoms in total. The normalized spacial score (nSPS) is 20.7. The third-order valence-corrected chi connectivity index (χ3v) is 7.44. The maximum absolute atomic E-state index is 13.7. The SMILES string of the molecule is CC(C)(C=C(C#N)C(=O)N1CCCC(OC(=O)N[C@@H](Cc2coc3ccccc23)B(O)O)C1)N1CCC(F)(F)C1. The Kier molecular flexibility index (Phi) is 8.82. The number of rotatable bonds is 8. The zero-order chi connectivity index (χ0) is 29.1. The van der Waals surface area contributed by atoms with Crippen molar-refractivity contribution in [1.82, 2.24) is 15.1 Å². The Bertz CT molecular complexity index is 1310. The second-order valence-electron chi connectivity index (χ2n) is 10.9. The van der Waals surface area contributed by atoms with E-state index >= 15 is 0 Å². The highest BCUT2D eigenvalue weighted by molar-refractivity contribution is 6.43. The number of hydrogen-bond donors (Lipinski definition) is 3. The molecular weight excluding hydrogens is 525 g/mol. The van der Waals surface area contributed by atoms with Crippen molar-refractivity contribution in [2.45, 2.75) is 63.0 Å². The van der Waals surface area contributed by atoms with Crippen molar-refractivity contribution in [2.75, 3.05) is 26.2 Å². The van der Waals surface area contributed by atoms with Gasteiger partial charge in [0.15, 0.2) is 0 Å². The summed E-state index contributed by atoms with van der Waals surface area (Å²) in [5.74, 6) is -4.45. The second-order valence-corrected chi connectivity index (χ2v) is 10.9. The molecule has 3 N–H and O–H groups in total. The molecule has 1 unspecified atom stereocenters. The lowest BCUT2D eigenvalue weighted by Crippen LogP contribution is -2.50. The van der Waals surface area contributed by atoms with E-state index in [2.05, 4.69) is 5.32 Å². The number of carbonyl (C=O) groups excluding carboxylic acids is 2. The molecule has 2 aromatic rings. The molecule has 3 heterocycles. The van der Waals surface area contributed by atoms with E-state index in [0.717, 1.165) is 5.39 Å². The van der Waals surface area contributed by atoms with Crippen LogP contribution in [0, 0.1) is 11.3 Å². The van der Waals surface area contributed by atoms with Gasteiger partial charge in [-0.1, -0.05) is 18.2 Å². The number of benzene rings is 1. The van der Waals surface area contributed by atoms with Crippen LogP contribution < -0.4 is 5.32 Å². The summed E-state index contributed by atoms with van der Waals surface area (Å²) in [5.41, 5.74) is 0.207. The lowest BCUT2D eigenvalue weighted by atomic mass is 9.76. The monoisotopic (exact) mass is 558 g/mol. The first-order valence-electron chi connectivity index (χ1n) is 13.2. The molecule has 2 amide bonds. The molecule has 1 aromatic heterocycles. The maximum Gasteiger partial charge on any atom is 0.475 e. The predicted molar refractivity (Wildman–Crippen MR) is 142 cm³/mol. The fourth-order valence-corrected chi connectivity index (χ4v) is 5.20. The van der Waals surface area contributed by atoms with Crippen molar-refractivity contribution in [3.05, 3.63) is 47.7 Å². The van der Waals surface area contributed by atoms with Gasteiger partial charge in [0.2, 0.25) is 0 Å². The van der Waals surface area contributed by atoms with Gasteiger partial charge >= 0.3 is 13.2 Å². The van der Waals surface area contributed by atoms with Gasteiger partial charge in [-0.2, -0.15) is 5.26 Å². The highest BCUT2D eigenvalue weighted by atomic mass is 19.3. The minimum Gasteiger partial charge on any atom is -0.464 e. The van der Waals surface area contributed by atoms with Gasteiger partial charge in [0.1, 0.15) is 23.3 Å². The molecule has 2 saturated heterocycles. The number of fused-ring (bicyclic) bond motifs is 1. The van der Waals surface area contributed by atoms with Crippen molar-refractivity contribution in [2.24, 2.45) is 0 Å². The molecule has 0 saturated carbocycles. The van der Waals surface area contributed by atoms with E-state index in [1.807, 2.05) is 24.3 Å². The van der Waals surface area contributed by atoms with Crippen LogP contribution in [0.1, 0.15) is 38.7 Å². The number of nitrogens with one attached hydrogen (secondary N) is 1. The van der Waals surface area contributed by atoms with Crippen molar-refractivity contribution >= 4 is 30.1 Å². The second kappa shape index (κ2) is 12.0. The van der Waals surface area contributed by atoms with Crippen molar-refractivity contribution in [1.29, 1.82) is 5.26 Å². The summed E-state index contributed by atoms with van der Waals surface area (Å²) in [6, 6.07) is 9.14. The van der Waals surface area contributed by atoms with E-state index in [9.17, 15) is 33.7 Å². The predicted octanol–water partition coefficient (Wildman–Crippen LogP) is 2.64. The first kappa shape index (κ1) is 29.5. The van der Waals surface area contributed by atoms with Crippen LogP contribution in [0.3, 0.4) is 0 Å². The summed E-state index contributed by atoms with van der Waals surface area (Å²) in [5, 5.41) is 32.7. The molecule has 0 bridgehead atoms. The molecule has 2 atom stereocenters. The number of nitriles is 1. The number of ether oxygens (including phenoxy) is 1. The molecule has 0 radical (unpaired) electrons. The molecule has 4 rings (SSSR count). The minimum atomic E-state index is -2.81. The average molecular weight is 558 g/mol. The Morgan fingerprint density at radius 1 is 1.35 bits per heavy atom. The molecule has 0 spiro atoms. The number of nitrogens with zero attached hydrogens (tertiary/aromatic N) is 3. The standard InChI is InChI=1S/C27H33BF2N4O6/c1-26(2,34-11-9-27(29,30)17-34)13-19(14-31)24(35)33-10-5-6-20(15-33)40-25(36)32-23(28(37)38)12-18-16-39-22-8-4-3-7-21(18)22/h3-4,7-8,13,16,20,23,37-38H,5-6,9-12,15,17H2,1-2H3,(H,32,36)/t20?,23-/m0/s1. The fourth-order valence-electron chi connectivity index (χ4n) is 5.20. The summed E-state index contributed by atoms with van der Waals surface area (Å²) < 4.78 is 38.5. The van der Waals surface area contributed by atoms with Crippen LogP contribution in [0.2, 0.25) is 0 Å². The summed E-state index contributed by atoms with van der Waals surface area (Å²) in [4.78, 5) is 28.8. The summed E-state index contributed by atoms with van der Waals surface area (Å²) in [6.45, 7) is 3.45. The van der Waals surface area contributed by atoms with E-state index < -0.39 is 49.2 Å². The molecule has 1 aromatic carbocycles. The molecule has 13 heteroatoms. The quantitative estimate of drug-likeness (QED) is 0.255. The Morgan fingerprint density at radius 2 is 2.10 bits per heavy atom. The Labute approximate surface area is 231 Å². The van der Waals surface area contributed by atoms with Crippen molar-refractivity contribution < 1.29 is 37.6 Å². The van der Waals surface area contributed by atoms with Crippen LogP contribution in [0.4, 0.5) is 13.6 Å². The first-order chi connectivity index (χ1) is 18.9. The zero-order valence-electron chi connectivity index (χ0n) is 22.5. The van der Waals surface area contributed by atoms with Gasteiger partial charge in [-0.25, -0.2) is 13.6 Å². The highest BCUT2D eigenvalue weighted by Gasteiger charge is 2.43. The number of amides is 2. The molecule has 40 heavy (non-hydrogen) atoms. The zero-order valence-corrected chi connectivity index (χ0v) is 22.5. The lowest BCUT2D eigenvalue weighted by Gasteiger charge is -2.35. The largest absolute Gasteiger partial charge is 0.475 e. The van der Waals surface area contributed by atoms with Crippen LogP contribution in [0.5, 0.6) is 0 Å². The third-order valence-electron chi connectivity index (χ3n) is 7.44. The van der Waals surface area contributed by atoms with Crippen LogP contribution in [0.25, 0.3) is 11.0 Å². The smallest absolute Gasteiger partial charge is 0.464 e. The minimum absolute atomic E-state index is 0.0339. The number of halogens is 2. The lowest BCUT2D eigenvalue weighted by molar-refractivity contribution is -0.129. The first-order valence-corrected chi connectivity index (χ1v) is 13.2. The molecular formula is C27H33BF2N4O6. The highest BCUT2D eigenvalue weighted by Crippen LogP contribution is 2.33. The molecule has 2 fully saturated rings. The van der Waals surface area contributed by atoms with Gasteiger partial charge in [-0.3, -0.25) is 9.69 Å². The van der Waals surface area contributed by atoms with Crippen molar-refractivity contribution in [3.63, 3.8) is 0 Å². The van der Waals surface area contributed by atoms with E-state index in [1.54, 1.807) is 24.8 Å². The van der Waals surface area contributed by atoms with Crippen LogP contribution in [-0.4, -0.2) is 88.7 Å². The van der Waals surface area contributed by atoms with Gasteiger partial charge in [-0.05, 0) is 50.8 Å². The number of hydrogen-bond acceptors (Lipinski definition) is 8. The number of piperidine rings is 1. The van der Waals surface area contributed by atoms with E-state index in [0.29, 0.717) is 30.5 Å². The van der Waals surface area contributed by atoms with Crippen LogP contribution >= 0.6 is 0 Å². The maximum atomic E-state index is 13.7. The Hall–Kier alpha value is -3.47. The van der Waals surface area contributed by atoms with Crippen molar-refractivity contribution in [3.8, 4) is 6.07 Å². The molecule has 0 aliphatic carbocycles. The number of furan rings is 1. The van der Waals surface area contributed by atoms with Crippen LogP contribution in [-0.2, 0) is 16.0 Å². The van der Waals surface area contributed by atoms with Gasteiger partial charge in [0.05, 0.1) is 25.3 Å². The Balaban J connectivity index is 1.36. The summed E-state index contributed by atoms with van der Waals surface area (Å²) in [6.07, 6.45) is 2.13. The van der Waals surface area contributed by atoms with Gasteiger partial charge in [-0.15, -0.1) is 0 Å². The molecule has 2 aliphatic rings. The summed E-state index contributed by atoms with van der Waals surface area (Å²) >= 11 is 0. The number of carbonyl (C=O) groups is 2. The number of para-hydroxylation sites is 1. The third kappa shape index (κ3) is 6.99. The van der Waals surface area contributed by atoms with E-state index in [4.69, 9.17) is 9.15 Å². The number of alkyl carbamates (subject to hydrolysis) is 1. The fraction of sp³-hybridized carbons (Fsp3) is 0.519. The van der Waals surface area contributed by atoms with Crippen LogP contribution in [0.15, 0.2) is 46.6 Å². The van der Waals surface area contributed by atoms with Gasteiger partial charge in [0, 0.05) is 30.4 Å². The van der Waals surface area contributed by atoms with Gasteiger partial charge in [0.25, 0.3) is 11.8 Å². The summed E-state index contributed by atoms with van der Waals surface area (Å²) in [7, 11) is -1.87. The Morgan fingerprint density at radius 3 is 2.77 bits per heavy atom. The molecule has 214 valence electrons. The molecule has 2 aliphatic heterocycles.